The second-order valence-electron chi connectivity index (χ2n) is 6.98. The number of methoxy groups -OCH3 is 1. The zero-order valence-corrected chi connectivity index (χ0v) is 17.1. The largest absolute Gasteiger partial charge is 0.494 e. The van der Waals surface area contributed by atoms with Crippen LogP contribution in [0.4, 0.5) is 24.5 Å². The van der Waals surface area contributed by atoms with Crippen LogP contribution in [0.2, 0.25) is 0 Å². The third-order valence-corrected chi connectivity index (χ3v) is 6.20. The summed E-state index contributed by atoms with van der Waals surface area (Å²) < 4.78 is 69.1. The first-order valence-electron chi connectivity index (χ1n) is 9.20. The number of anilines is 2. The summed E-state index contributed by atoms with van der Waals surface area (Å²) in [4.78, 5) is 12.5. The number of alkyl halides is 3. The van der Waals surface area contributed by atoms with Crippen molar-refractivity contribution >= 4 is 27.3 Å². The van der Waals surface area contributed by atoms with Crippen LogP contribution in [0.3, 0.4) is 0 Å². The van der Waals surface area contributed by atoms with E-state index in [1.54, 1.807) is 6.07 Å². The Balaban J connectivity index is 1.65. The van der Waals surface area contributed by atoms with E-state index in [-0.39, 0.29) is 34.9 Å². The number of hydrogen-bond acceptors (Lipinski definition) is 4. The van der Waals surface area contributed by atoms with Crippen molar-refractivity contribution in [2.24, 2.45) is 5.92 Å². The Morgan fingerprint density at radius 3 is 2.40 bits per heavy atom. The summed E-state index contributed by atoms with van der Waals surface area (Å²) in [7, 11) is -2.10. The van der Waals surface area contributed by atoms with Crippen LogP contribution in [0.1, 0.15) is 30.4 Å². The van der Waals surface area contributed by atoms with Crippen molar-refractivity contribution < 1.29 is 31.1 Å². The lowest BCUT2D eigenvalue weighted by Crippen LogP contribution is -2.16. The Labute approximate surface area is 172 Å². The summed E-state index contributed by atoms with van der Waals surface area (Å²) in [6.45, 7) is 1.51. The molecule has 3 rings (SSSR count). The van der Waals surface area contributed by atoms with Crippen molar-refractivity contribution in [3.05, 3.63) is 53.6 Å². The van der Waals surface area contributed by atoms with Crippen LogP contribution in [-0.4, -0.2) is 27.2 Å². The molecule has 6 nitrogen and oxygen atoms in total. The van der Waals surface area contributed by atoms with Gasteiger partial charge in [-0.25, -0.2) is 8.42 Å². The SMILES string of the molecule is CCS(=O)(=O)Nc1ccc(NC(=O)C2CC2c2ccc(C(F)(F)F)cc2)cc1OC. The Hall–Kier alpha value is -2.75. The fourth-order valence-electron chi connectivity index (χ4n) is 3.10. The number of halogens is 3. The van der Waals surface area contributed by atoms with E-state index in [2.05, 4.69) is 10.0 Å². The minimum Gasteiger partial charge on any atom is -0.494 e. The Kier molecular flexibility index (Phi) is 5.98. The minimum absolute atomic E-state index is 0.0956. The predicted octanol–water partition coefficient (Wildman–Crippen LogP) is 4.22. The summed E-state index contributed by atoms with van der Waals surface area (Å²) in [6, 6.07) is 9.37. The first-order valence-corrected chi connectivity index (χ1v) is 10.9. The number of ether oxygens (including phenoxy) is 1. The summed E-state index contributed by atoms with van der Waals surface area (Å²) >= 11 is 0. The maximum atomic E-state index is 12.7. The normalized spacial score (nSPS) is 18.6. The highest BCUT2D eigenvalue weighted by atomic mass is 32.2. The number of benzene rings is 2. The molecule has 2 N–H and O–H groups in total. The molecule has 162 valence electrons. The van der Waals surface area contributed by atoms with Crippen LogP contribution in [0, 0.1) is 5.92 Å². The van der Waals surface area contributed by atoms with Crippen LogP contribution in [0.15, 0.2) is 42.5 Å². The molecule has 0 heterocycles. The number of carbonyl (C=O) groups excluding carboxylic acids is 1. The van der Waals surface area contributed by atoms with E-state index in [9.17, 15) is 26.4 Å². The Bertz CT molecular complexity index is 1040. The van der Waals surface area contributed by atoms with Crippen LogP contribution in [0.25, 0.3) is 0 Å². The first kappa shape index (κ1) is 21.9. The lowest BCUT2D eigenvalue weighted by molar-refractivity contribution is -0.137. The minimum atomic E-state index is -4.39. The van der Waals surface area contributed by atoms with Crippen LogP contribution in [0.5, 0.6) is 5.75 Å². The molecule has 2 unspecified atom stereocenters. The average Bonchev–Trinajstić information content (AvgIpc) is 3.49. The lowest BCUT2D eigenvalue weighted by atomic mass is 10.1. The molecule has 2 aromatic rings. The standard InChI is InChI=1S/C20H21F3N2O4S/c1-3-30(27,28)25-17-9-8-14(10-18(17)29-2)24-19(26)16-11-15(16)12-4-6-13(7-5-12)20(21,22)23/h4-10,15-16,25H,3,11H2,1-2H3,(H,24,26). The van der Waals surface area contributed by atoms with Gasteiger partial charge < -0.3 is 10.1 Å². The van der Waals surface area contributed by atoms with Gasteiger partial charge in [-0.3, -0.25) is 9.52 Å². The van der Waals surface area contributed by atoms with Crippen molar-refractivity contribution in [2.75, 3.05) is 22.9 Å². The molecule has 0 spiro atoms. The quantitative estimate of drug-likeness (QED) is 0.673. The van der Waals surface area contributed by atoms with Gasteiger partial charge in [0.25, 0.3) is 0 Å². The van der Waals surface area contributed by atoms with Gasteiger partial charge in [0.1, 0.15) is 5.75 Å². The van der Waals surface area contributed by atoms with Crippen molar-refractivity contribution in [2.45, 2.75) is 25.4 Å². The second-order valence-corrected chi connectivity index (χ2v) is 8.99. The zero-order chi connectivity index (χ0) is 22.1. The van der Waals surface area contributed by atoms with Gasteiger partial charge in [-0.05, 0) is 49.1 Å². The smallest absolute Gasteiger partial charge is 0.416 e. The summed E-state index contributed by atoms with van der Waals surface area (Å²) in [5.74, 6) is -0.582. The molecule has 0 saturated heterocycles. The molecule has 1 saturated carbocycles. The van der Waals surface area contributed by atoms with E-state index in [0.717, 1.165) is 12.1 Å². The van der Waals surface area contributed by atoms with E-state index >= 15 is 0 Å². The number of rotatable bonds is 7. The fourth-order valence-corrected chi connectivity index (χ4v) is 3.75. The molecule has 1 aliphatic rings. The third kappa shape index (κ3) is 5.05. The average molecular weight is 442 g/mol. The van der Waals surface area contributed by atoms with E-state index in [1.807, 2.05) is 0 Å². The highest BCUT2D eigenvalue weighted by molar-refractivity contribution is 7.92. The second kappa shape index (κ2) is 8.17. The van der Waals surface area contributed by atoms with Gasteiger partial charge in [0.2, 0.25) is 15.9 Å². The van der Waals surface area contributed by atoms with Gasteiger partial charge in [-0.15, -0.1) is 0 Å². The molecule has 10 heteroatoms. The Morgan fingerprint density at radius 2 is 1.83 bits per heavy atom. The molecule has 2 aromatic carbocycles. The summed E-state index contributed by atoms with van der Waals surface area (Å²) in [5, 5.41) is 2.74. The molecule has 30 heavy (non-hydrogen) atoms. The fraction of sp³-hybridized carbons (Fsp3) is 0.350. The molecule has 0 radical (unpaired) electrons. The van der Waals surface area contributed by atoms with Gasteiger partial charge in [0, 0.05) is 17.7 Å². The van der Waals surface area contributed by atoms with E-state index in [0.29, 0.717) is 17.7 Å². The van der Waals surface area contributed by atoms with Crippen LogP contribution in [-0.2, 0) is 21.0 Å². The highest BCUT2D eigenvalue weighted by Crippen LogP contribution is 2.48. The number of sulfonamides is 1. The van der Waals surface area contributed by atoms with Crippen LogP contribution < -0.4 is 14.8 Å². The molecule has 2 atom stereocenters. The first-order chi connectivity index (χ1) is 14.0. The van der Waals surface area contributed by atoms with Gasteiger partial charge >= 0.3 is 6.18 Å². The molecule has 0 aliphatic heterocycles. The maximum Gasteiger partial charge on any atom is 0.416 e. The van der Waals surface area contributed by atoms with E-state index in [1.165, 1.54) is 38.3 Å². The van der Waals surface area contributed by atoms with Crippen molar-refractivity contribution in [3.63, 3.8) is 0 Å². The highest BCUT2D eigenvalue weighted by Gasteiger charge is 2.44. The summed E-state index contributed by atoms with van der Waals surface area (Å²) in [5.41, 5.74) is 0.643. The molecule has 0 aromatic heterocycles. The van der Waals surface area contributed by atoms with Crippen molar-refractivity contribution in [1.82, 2.24) is 0 Å². The van der Waals surface area contributed by atoms with Gasteiger partial charge in [0.15, 0.2) is 0 Å². The predicted molar refractivity (Wildman–Crippen MR) is 107 cm³/mol. The molecule has 1 amide bonds. The zero-order valence-electron chi connectivity index (χ0n) is 16.3. The monoisotopic (exact) mass is 442 g/mol. The number of nitrogens with one attached hydrogen (secondary N) is 2. The van der Waals surface area contributed by atoms with Gasteiger partial charge in [-0.1, -0.05) is 12.1 Å². The lowest BCUT2D eigenvalue weighted by Gasteiger charge is -2.13. The van der Waals surface area contributed by atoms with Crippen molar-refractivity contribution in [1.29, 1.82) is 0 Å². The molecule has 1 fully saturated rings. The molecule has 0 bridgehead atoms. The van der Waals surface area contributed by atoms with Crippen LogP contribution >= 0.6 is 0 Å². The van der Waals surface area contributed by atoms with E-state index < -0.39 is 21.8 Å². The van der Waals surface area contributed by atoms with Crippen molar-refractivity contribution in [3.8, 4) is 5.75 Å². The number of hydrogen-bond donors (Lipinski definition) is 2. The molecular weight excluding hydrogens is 421 g/mol. The Morgan fingerprint density at radius 1 is 1.17 bits per heavy atom. The van der Waals surface area contributed by atoms with E-state index in [4.69, 9.17) is 4.74 Å². The molecule has 1 aliphatic carbocycles. The number of carbonyl (C=O) groups is 1. The summed E-state index contributed by atoms with van der Waals surface area (Å²) in [6.07, 6.45) is -3.85. The topological polar surface area (TPSA) is 84.5 Å². The third-order valence-electron chi connectivity index (χ3n) is 4.91. The van der Waals surface area contributed by atoms with Gasteiger partial charge in [0.05, 0.1) is 24.1 Å². The van der Waals surface area contributed by atoms with Gasteiger partial charge in [-0.2, -0.15) is 13.2 Å². The maximum absolute atomic E-state index is 12.7. The molecular formula is C20H21F3N2O4S. The number of amides is 1.